The molecule has 7 heteroatoms. The lowest BCUT2D eigenvalue weighted by molar-refractivity contribution is 0.0710. The smallest absolute Gasteiger partial charge is 0.273 e. The monoisotopic (exact) mass is 407 g/mol. The summed E-state index contributed by atoms with van der Waals surface area (Å²) >= 11 is 0. The van der Waals surface area contributed by atoms with E-state index in [-0.39, 0.29) is 17.7 Å². The van der Waals surface area contributed by atoms with Crippen LogP contribution in [0.1, 0.15) is 41.0 Å². The number of aromatic amines is 1. The number of benzene rings is 2. The highest BCUT2D eigenvalue weighted by atomic mass is 16.5. The van der Waals surface area contributed by atoms with Crippen molar-refractivity contribution in [2.75, 3.05) is 26.9 Å². The zero-order valence-corrected chi connectivity index (χ0v) is 17.1. The molecule has 1 unspecified atom stereocenters. The van der Waals surface area contributed by atoms with Crippen molar-refractivity contribution in [2.45, 2.75) is 19.4 Å². The lowest BCUT2D eigenvalue weighted by Crippen LogP contribution is -2.31. The van der Waals surface area contributed by atoms with Crippen LogP contribution in [0.4, 0.5) is 0 Å². The molecule has 0 fully saturated rings. The predicted octanol–water partition coefficient (Wildman–Crippen LogP) is 3.76. The van der Waals surface area contributed by atoms with Crippen molar-refractivity contribution in [2.24, 2.45) is 0 Å². The van der Waals surface area contributed by atoms with Gasteiger partial charge in [0.1, 0.15) is 22.9 Å². The predicted molar refractivity (Wildman–Crippen MR) is 113 cm³/mol. The third kappa shape index (κ3) is 3.52. The number of para-hydroxylation sites is 1. The molecule has 0 bridgehead atoms. The summed E-state index contributed by atoms with van der Waals surface area (Å²) in [5, 5.41) is 17.7. The fourth-order valence-corrected chi connectivity index (χ4v) is 3.95. The lowest BCUT2D eigenvalue weighted by atomic mass is 9.95. The van der Waals surface area contributed by atoms with Crippen LogP contribution in [0.3, 0.4) is 0 Å². The Hall–Kier alpha value is -3.32. The van der Waals surface area contributed by atoms with Gasteiger partial charge in [-0.25, -0.2) is 0 Å². The van der Waals surface area contributed by atoms with Crippen LogP contribution in [0.15, 0.2) is 48.5 Å². The van der Waals surface area contributed by atoms with Crippen molar-refractivity contribution in [3.05, 3.63) is 65.4 Å². The number of carbonyl (C=O) groups excluding carboxylic acids is 1. The van der Waals surface area contributed by atoms with Gasteiger partial charge < -0.3 is 19.5 Å². The number of carbonyl (C=O) groups is 1. The number of nitrogens with one attached hydrogen (secondary N) is 1. The second-order valence-corrected chi connectivity index (χ2v) is 7.11. The van der Waals surface area contributed by atoms with Gasteiger partial charge in [-0.1, -0.05) is 24.3 Å². The molecule has 0 aliphatic carbocycles. The molecule has 1 atom stereocenters. The summed E-state index contributed by atoms with van der Waals surface area (Å²) in [5.41, 5.74) is 3.32. The maximum Gasteiger partial charge on any atom is 0.273 e. The standard InChI is InChI=1S/C23H25N3O4/c1-3-30-13-7-12-26-22(15-8-6-9-16(14-15)29-2)19-20(24-25-21(19)23(26)28)17-10-4-5-11-18(17)27/h4-6,8-11,14,22,27H,3,7,12-13H2,1-2H3,(H,24,25). The molecule has 30 heavy (non-hydrogen) atoms. The first-order chi connectivity index (χ1) is 14.7. The van der Waals surface area contributed by atoms with Crippen LogP contribution in [0, 0.1) is 0 Å². The van der Waals surface area contributed by atoms with Crippen LogP contribution in [-0.2, 0) is 4.74 Å². The average molecular weight is 407 g/mol. The number of nitrogens with zero attached hydrogens (tertiary/aromatic N) is 2. The average Bonchev–Trinajstić information content (AvgIpc) is 3.31. The topological polar surface area (TPSA) is 87.7 Å². The quantitative estimate of drug-likeness (QED) is 0.555. The number of aromatic hydroxyl groups is 1. The normalized spacial score (nSPS) is 15.5. The van der Waals surface area contributed by atoms with E-state index in [9.17, 15) is 9.90 Å². The number of phenolic OH excluding ortho intramolecular Hbond substituents is 1. The molecule has 3 aromatic rings. The van der Waals surface area contributed by atoms with Crippen LogP contribution >= 0.6 is 0 Å². The van der Waals surface area contributed by atoms with Crippen molar-refractivity contribution in [3.63, 3.8) is 0 Å². The first kappa shape index (κ1) is 20.0. The fraction of sp³-hybridized carbons (Fsp3) is 0.304. The fourth-order valence-electron chi connectivity index (χ4n) is 3.95. The maximum absolute atomic E-state index is 13.2. The molecule has 2 N–H and O–H groups in total. The molecule has 1 aliphatic heterocycles. The van der Waals surface area contributed by atoms with Gasteiger partial charge in [-0.2, -0.15) is 5.10 Å². The molecule has 1 amide bonds. The maximum atomic E-state index is 13.2. The Kier molecular flexibility index (Phi) is 5.72. The number of amides is 1. The third-order valence-corrected chi connectivity index (χ3v) is 5.32. The van der Waals surface area contributed by atoms with E-state index in [1.165, 1.54) is 0 Å². The summed E-state index contributed by atoms with van der Waals surface area (Å²) in [6.07, 6.45) is 0.726. The minimum atomic E-state index is -0.336. The van der Waals surface area contributed by atoms with E-state index in [0.717, 1.165) is 23.3 Å². The Balaban J connectivity index is 1.80. The van der Waals surface area contributed by atoms with Gasteiger partial charge in [0.25, 0.3) is 5.91 Å². The molecule has 0 saturated heterocycles. The van der Waals surface area contributed by atoms with E-state index in [1.54, 1.807) is 25.3 Å². The van der Waals surface area contributed by atoms with Crippen LogP contribution < -0.4 is 4.74 Å². The van der Waals surface area contributed by atoms with Crippen molar-refractivity contribution < 1.29 is 19.4 Å². The molecule has 0 spiro atoms. The van der Waals surface area contributed by atoms with Crippen LogP contribution in [0.2, 0.25) is 0 Å². The van der Waals surface area contributed by atoms with E-state index in [1.807, 2.05) is 42.2 Å². The molecule has 2 aromatic carbocycles. The van der Waals surface area contributed by atoms with Gasteiger partial charge in [0.2, 0.25) is 0 Å². The van der Waals surface area contributed by atoms with Crippen LogP contribution in [0.5, 0.6) is 11.5 Å². The van der Waals surface area contributed by atoms with Gasteiger partial charge in [-0.3, -0.25) is 9.89 Å². The minimum absolute atomic E-state index is 0.108. The van der Waals surface area contributed by atoms with Gasteiger partial charge in [-0.15, -0.1) is 0 Å². The van der Waals surface area contributed by atoms with Gasteiger partial charge in [-0.05, 0) is 43.2 Å². The number of hydrogen-bond acceptors (Lipinski definition) is 5. The Morgan fingerprint density at radius 3 is 2.80 bits per heavy atom. The van der Waals surface area contributed by atoms with E-state index < -0.39 is 0 Å². The number of hydrogen-bond donors (Lipinski definition) is 2. The minimum Gasteiger partial charge on any atom is -0.507 e. The molecule has 7 nitrogen and oxygen atoms in total. The summed E-state index contributed by atoms with van der Waals surface area (Å²) in [6, 6.07) is 14.4. The second-order valence-electron chi connectivity index (χ2n) is 7.11. The number of rotatable bonds is 8. The molecule has 0 radical (unpaired) electrons. The molecular weight excluding hydrogens is 382 g/mol. The van der Waals surface area contributed by atoms with E-state index in [0.29, 0.717) is 36.7 Å². The van der Waals surface area contributed by atoms with Crippen molar-refractivity contribution in [1.29, 1.82) is 0 Å². The van der Waals surface area contributed by atoms with Crippen molar-refractivity contribution in [1.82, 2.24) is 15.1 Å². The molecule has 4 rings (SSSR count). The summed E-state index contributed by atoms with van der Waals surface area (Å²) in [4.78, 5) is 15.1. The zero-order valence-electron chi connectivity index (χ0n) is 17.1. The molecule has 0 saturated carbocycles. The molecule has 156 valence electrons. The summed E-state index contributed by atoms with van der Waals surface area (Å²) < 4.78 is 10.9. The summed E-state index contributed by atoms with van der Waals surface area (Å²) in [5.74, 6) is 0.734. The van der Waals surface area contributed by atoms with Crippen molar-refractivity contribution >= 4 is 5.91 Å². The highest BCUT2D eigenvalue weighted by Gasteiger charge is 2.42. The van der Waals surface area contributed by atoms with Crippen molar-refractivity contribution in [3.8, 4) is 22.8 Å². The number of methoxy groups -OCH3 is 1. The Labute approximate surface area is 175 Å². The SMILES string of the molecule is CCOCCCN1C(=O)c2[nH]nc(-c3ccccc3O)c2C1c1cccc(OC)c1. The number of aromatic nitrogens is 2. The van der Waals surface area contributed by atoms with Crippen LogP contribution in [0.25, 0.3) is 11.3 Å². The van der Waals surface area contributed by atoms with Crippen LogP contribution in [-0.4, -0.2) is 53.0 Å². The second kappa shape index (κ2) is 8.59. The van der Waals surface area contributed by atoms with E-state index >= 15 is 0 Å². The zero-order chi connectivity index (χ0) is 21.1. The largest absolute Gasteiger partial charge is 0.507 e. The highest BCUT2D eigenvalue weighted by Crippen LogP contribution is 2.44. The molecule has 1 aromatic heterocycles. The number of phenols is 1. The lowest BCUT2D eigenvalue weighted by Gasteiger charge is -2.26. The molecule has 1 aliphatic rings. The number of H-pyrrole nitrogens is 1. The van der Waals surface area contributed by atoms with E-state index in [2.05, 4.69) is 10.2 Å². The van der Waals surface area contributed by atoms with E-state index in [4.69, 9.17) is 9.47 Å². The Morgan fingerprint density at radius 2 is 2.03 bits per heavy atom. The van der Waals surface area contributed by atoms with Gasteiger partial charge in [0, 0.05) is 30.9 Å². The summed E-state index contributed by atoms with van der Waals surface area (Å²) in [7, 11) is 1.62. The van der Waals surface area contributed by atoms with Gasteiger partial charge in [0.15, 0.2) is 0 Å². The molecular formula is C23H25N3O4. The number of ether oxygens (including phenoxy) is 2. The summed E-state index contributed by atoms with van der Waals surface area (Å²) in [6.45, 7) is 3.73. The molecule has 2 heterocycles. The van der Waals surface area contributed by atoms with Gasteiger partial charge >= 0.3 is 0 Å². The first-order valence-corrected chi connectivity index (χ1v) is 10.0. The number of fused-ring (bicyclic) bond motifs is 1. The first-order valence-electron chi connectivity index (χ1n) is 10.0. The Morgan fingerprint density at radius 1 is 1.20 bits per heavy atom. The van der Waals surface area contributed by atoms with Gasteiger partial charge in [0.05, 0.1) is 13.2 Å². The Bertz CT molecular complexity index is 1050. The highest BCUT2D eigenvalue weighted by molar-refractivity contribution is 6.00. The third-order valence-electron chi connectivity index (χ3n) is 5.32.